The maximum atomic E-state index is 13.5. The summed E-state index contributed by atoms with van der Waals surface area (Å²) in [5.74, 6) is -0.421. The summed E-state index contributed by atoms with van der Waals surface area (Å²) < 4.78 is 13.5. The van der Waals surface area contributed by atoms with Crippen LogP contribution in [0, 0.1) is 5.82 Å². The number of halogens is 3. The van der Waals surface area contributed by atoms with Crippen molar-refractivity contribution in [1.29, 1.82) is 0 Å². The Morgan fingerprint density at radius 3 is 2.79 bits per heavy atom. The fraction of sp³-hybridized carbons (Fsp3) is 0.571. The summed E-state index contributed by atoms with van der Waals surface area (Å²) in [5.41, 5.74) is 0.761. The minimum atomic E-state index is -0.421. The number of nitrogens with zero attached hydrogens (tertiary/aromatic N) is 1. The van der Waals surface area contributed by atoms with E-state index in [1.54, 1.807) is 0 Å². The zero-order valence-corrected chi connectivity index (χ0v) is 12.7. The molecule has 1 saturated heterocycles. The molecule has 0 aliphatic carbocycles. The van der Waals surface area contributed by atoms with Crippen molar-refractivity contribution in [2.45, 2.75) is 31.8 Å². The topological polar surface area (TPSA) is 15.3 Å². The summed E-state index contributed by atoms with van der Waals surface area (Å²) in [6.07, 6.45) is 2.33. The van der Waals surface area contributed by atoms with E-state index in [2.05, 4.69) is 17.3 Å². The van der Waals surface area contributed by atoms with E-state index in [-0.39, 0.29) is 11.1 Å². The third-order valence-electron chi connectivity index (χ3n) is 3.62. The molecule has 0 bridgehead atoms. The molecule has 2 rings (SSSR count). The highest BCUT2D eigenvalue weighted by molar-refractivity contribution is 6.35. The fourth-order valence-electron chi connectivity index (χ4n) is 2.62. The highest BCUT2D eigenvalue weighted by Crippen LogP contribution is 2.29. The largest absolute Gasteiger partial charge is 0.306 e. The van der Waals surface area contributed by atoms with Gasteiger partial charge in [-0.3, -0.25) is 0 Å². The first kappa shape index (κ1) is 15.0. The second-order valence-electron chi connectivity index (χ2n) is 5.28. The lowest BCUT2D eigenvalue weighted by molar-refractivity contribution is 0.218. The first-order chi connectivity index (χ1) is 8.97. The van der Waals surface area contributed by atoms with Crippen molar-refractivity contribution in [2.75, 3.05) is 20.1 Å². The van der Waals surface area contributed by atoms with E-state index in [1.165, 1.54) is 18.6 Å². The van der Waals surface area contributed by atoms with Crippen LogP contribution >= 0.6 is 23.2 Å². The van der Waals surface area contributed by atoms with Crippen LogP contribution in [0.2, 0.25) is 10.0 Å². The van der Waals surface area contributed by atoms with Gasteiger partial charge in [0.1, 0.15) is 5.82 Å². The van der Waals surface area contributed by atoms with E-state index in [0.717, 1.165) is 25.1 Å². The number of piperidine rings is 1. The molecule has 0 aromatic heterocycles. The van der Waals surface area contributed by atoms with Crippen LogP contribution in [0.4, 0.5) is 4.39 Å². The second-order valence-corrected chi connectivity index (χ2v) is 6.09. The predicted octanol–water partition coefficient (Wildman–Crippen LogP) is 3.88. The molecule has 0 spiro atoms. The molecular weight excluding hydrogens is 286 g/mol. The van der Waals surface area contributed by atoms with Gasteiger partial charge in [-0.05, 0) is 51.1 Å². The maximum Gasteiger partial charge on any atom is 0.142 e. The Labute approximate surface area is 123 Å². The van der Waals surface area contributed by atoms with Gasteiger partial charge in [-0.15, -0.1) is 0 Å². The molecule has 0 amide bonds. The lowest BCUT2D eigenvalue weighted by atomic mass is 10.0. The summed E-state index contributed by atoms with van der Waals surface area (Å²) in [7, 11) is 2.12. The van der Waals surface area contributed by atoms with Gasteiger partial charge in [-0.2, -0.15) is 0 Å². The number of hydrogen-bond donors (Lipinski definition) is 1. The Morgan fingerprint density at radius 1 is 1.37 bits per heavy atom. The number of likely N-dealkylation sites (N-methyl/N-ethyl adjacent to an activating group) is 1. The number of benzene rings is 1. The molecule has 2 unspecified atom stereocenters. The zero-order valence-electron chi connectivity index (χ0n) is 11.2. The summed E-state index contributed by atoms with van der Waals surface area (Å²) in [5, 5.41) is 4.09. The standard InChI is InChI=1S/C14H19Cl2FN2/c1-9(18-10-4-3-5-19(2)8-10)11-6-14(17)13(16)7-12(11)15/h6-7,9-10,18H,3-5,8H2,1-2H3. The molecule has 1 aromatic carbocycles. The summed E-state index contributed by atoms with van der Waals surface area (Å²) >= 11 is 11.9. The van der Waals surface area contributed by atoms with Crippen molar-refractivity contribution < 1.29 is 4.39 Å². The van der Waals surface area contributed by atoms with Crippen LogP contribution in [-0.4, -0.2) is 31.1 Å². The fourth-order valence-corrected chi connectivity index (χ4v) is 3.16. The molecular formula is C14H19Cl2FN2. The molecule has 0 saturated carbocycles. The normalized spacial score (nSPS) is 22.5. The Bertz CT molecular complexity index is 453. The van der Waals surface area contributed by atoms with Crippen molar-refractivity contribution >= 4 is 23.2 Å². The average Bonchev–Trinajstić information content (AvgIpc) is 2.33. The van der Waals surface area contributed by atoms with Crippen LogP contribution in [0.3, 0.4) is 0 Å². The number of likely N-dealkylation sites (tertiary alicyclic amines) is 1. The van der Waals surface area contributed by atoms with E-state index in [0.29, 0.717) is 11.1 Å². The minimum absolute atomic E-state index is 0.00997. The van der Waals surface area contributed by atoms with E-state index in [9.17, 15) is 4.39 Å². The van der Waals surface area contributed by atoms with Crippen LogP contribution in [0.5, 0.6) is 0 Å². The van der Waals surface area contributed by atoms with E-state index in [1.807, 2.05) is 6.92 Å². The van der Waals surface area contributed by atoms with E-state index in [4.69, 9.17) is 23.2 Å². The quantitative estimate of drug-likeness (QED) is 0.853. The van der Waals surface area contributed by atoms with Crippen molar-refractivity contribution in [1.82, 2.24) is 10.2 Å². The van der Waals surface area contributed by atoms with Gasteiger partial charge < -0.3 is 10.2 Å². The van der Waals surface area contributed by atoms with Gasteiger partial charge in [0.15, 0.2) is 0 Å². The summed E-state index contributed by atoms with van der Waals surface area (Å²) in [6, 6.07) is 3.33. The van der Waals surface area contributed by atoms with Gasteiger partial charge in [0.05, 0.1) is 5.02 Å². The lowest BCUT2D eigenvalue weighted by Crippen LogP contribution is -2.44. The van der Waals surface area contributed by atoms with Crippen LogP contribution in [0.25, 0.3) is 0 Å². The molecule has 106 valence electrons. The monoisotopic (exact) mass is 304 g/mol. The number of hydrogen-bond acceptors (Lipinski definition) is 2. The first-order valence-electron chi connectivity index (χ1n) is 6.56. The van der Waals surface area contributed by atoms with Crippen LogP contribution in [-0.2, 0) is 0 Å². The molecule has 19 heavy (non-hydrogen) atoms. The Kier molecular flexibility index (Phi) is 5.07. The summed E-state index contributed by atoms with van der Waals surface area (Å²) in [6.45, 7) is 4.16. The molecule has 1 aliphatic rings. The third kappa shape index (κ3) is 3.82. The van der Waals surface area contributed by atoms with Crippen LogP contribution in [0.1, 0.15) is 31.4 Å². The third-order valence-corrected chi connectivity index (χ3v) is 4.23. The molecule has 1 fully saturated rings. The van der Waals surface area contributed by atoms with E-state index >= 15 is 0 Å². The zero-order chi connectivity index (χ0) is 14.0. The SMILES string of the molecule is CC(NC1CCCN(C)C1)c1cc(F)c(Cl)cc1Cl. The van der Waals surface area contributed by atoms with Crippen molar-refractivity contribution in [3.8, 4) is 0 Å². The molecule has 5 heteroatoms. The van der Waals surface area contributed by atoms with Crippen LogP contribution in [0.15, 0.2) is 12.1 Å². The molecule has 2 nitrogen and oxygen atoms in total. The van der Waals surface area contributed by atoms with Crippen molar-refractivity contribution in [2.24, 2.45) is 0 Å². The highest BCUT2D eigenvalue weighted by Gasteiger charge is 2.21. The number of nitrogens with one attached hydrogen (secondary N) is 1. The molecule has 1 heterocycles. The smallest absolute Gasteiger partial charge is 0.142 e. The van der Waals surface area contributed by atoms with Gasteiger partial charge in [0, 0.05) is 23.7 Å². The van der Waals surface area contributed by atoms with Gasteiger partial charge >= 0.3 is 0 Å². The second kappa shape index (κ2) is 6.40. The van der Waals surface area contributed by atoms with Crippen LogP contribution < -0.4 is 5.32 Å². The molecule has 0 radical (unpaired) electrons. The lowest BCUT2D eigenvalue weighted by Gasteiger charge is -2.32. The van der Waals surface area contributed by atoms with Gasteiger partial charge in [0.25, 0.3) is 0 Å². The molecule has 1 aromatic rings. The Balaban J connectivity index is 2.07. The molecule has 1 N–H and O–H groups in total. The van der Waals surface area contributed by atoms with Gasteiger partial charge in [-0.25, -0.2) is 4.39 Å². The van der Waals surface area contributed by atoms with Gasteiger partial charge in [0.2, 0.25) is 0 Å². The minimum Gasteiger partial charge on any atom is -0.306 e. The predicted molar refractivity (Wildman–Crippen MR) is 78.5 cm³/mol. The molecule has 1 aliphatic heterocycles. The first-order valence-corrected chi connectivity index (χ1v) is 7.32. The Hall–Kier alpha value is -0.350. The Morgan fingerprint density at radius 2 is 2.11 bits per heavy atom. The van der Waals surface area contributed by atoms with Gasteiger partial charge in [-0.1, -0.05) is 23.2 Å². The summed E-state index contributed by atoms with van der Waals surface area (Å²) in [4.78, 5) is 2.30. The van der Waals surface area contributed by atoms with E-state index < -0.39 is 5.82 Å². The number of rotatable bonds is 3. The maximum absolute atomic E-state index is 13.5. The highest BCUT2D eigenvalue weighted by atomic mass is 35.5. The van der Waals surface area contributed by atoms with Crippen molar-refractivity contribution in [3.63, 3.8) is 0 Å². The average molecular weight is 305 g/mol. The van der Waals surface area contributed by atoms with Crippen molar-refractivity contribution in [3.05, 3.63) is 33.6 Å². The molecule has 2 atom stereocenters.